The fourth-order valence-corrected chi connectivity index (χ4v) is 5.78. The molecule has 1 aliphatic carbocycles. The van der Waals surface area contributed by atoms with Gasteiger partial charge in [-0.05, 0) is 61.4 Å². The number of aryl methyl sites for hydroxylation is 2. The van der Waals surface area contributed by atoms with E-state index in [1.165, 1.54) is 9.87 Å². The van der Waals surface area contributed by atoms with Crippen molar-refractivity contribution in [2.45, 2.75) is 43.6 Å². The quantitative estimate of drug-likeness (QED) is 0.669. The molecule has 0 saturated carbocycles. The molecular formula is C22H24ClNO4S. The standard InChI is InChI=1S/C22H24ClNO4S/c23-21-7-2-1-4-19(21)15-28-22(25)17-10-12-24(13-11-17)29(26,27)20-9-8-16-5-3-6-18(16)14-20/h1-2,4,7-9,14,17H,3,5-6,10-13,15H2. The van der Waals surface area contributed by atoms with Crippen molar-refractivity contribution in [1.29, 1.82) is 0 Å². The van der Waals surface area contributed by atoms with Gasteiger partial charge in [0.05, 0.1) is 10.8 Å². The van der Waals surface area contributed by atoms with Gasteiger partial charge in [0.25, 0.3) is 0 Å². The summed E-state index contributed by atoms with van der Waals surface area (Å²) in [5.41, 5.74) is 3.16. The van der Waals surface area contributed by atoms with Crippen LogP contribution in [0.4, 0.5) is 0 Å². The molecule has 2 aliphatic rings. The van der Waals surface area contributed by atoms with Crippen molar-refractivity contribution in [3.05, 3.63) is 64.2 Å². The zero-order chi connectivity index (χ0) is 20.4. The van der Waals surface area contributed by atoms with Crippen LogP contribution in [0.2, 0.25) is 5.02 Å². The van der Waals surface area contributed by atoms with Crippen molar-refractivity contribution in [2.75, 3.05) is 13.1 Å². The van der Waals surface area contributed by atoms with E-state index in [9.17, 15) is 13.2 Å². The van der Waals surface area contributed by atoms with E-state index in [4.69, 9.17) is 16.3 Å². The smallest absolute Gasteiger partial charge is 0.309 e. The molecule has 2 aromatic carbocycles. The van der Waals surface area contributed by atoms with Gasteiger partial charge in [0.15, 0.2) is 0 Å². The first-order chi connectivity index (χ1) is 13.9. The van der Waals surface area contributed by atoms with Crippen molar-refractivity contribution >= 4 is 27.6 Å². The summed E-state index contributed by atoms with van der Waals surface area (Å²) >= 11 is 6.09. The Bertz CT molecular complexity index is 1010. The molecule has 1 saturated heterocycles. The molecule has 0 spiro atoms. The Morgan fingerprint density at radius 2 is 1.79 bits per heavy atom. The number of nitrogens with zero attached hydrogens (tertiary/aromatic N) is 1. The number of piperidine rings is 1. The number of halogens is 1. The summed E-state index contributed by atoms with van der Waals surface area (Å²) < 4.78 is 32.9. The van der Waals surface area contributed by atoms with Gasteiger partial charge < -0.3 is 4.74 Å². The Labute approximate surface area is 176 Å². The van der Waals surface area contributed by atoms with Crippen LogP contribution in [0.25, 0.3) is 0 Å². The minimum absolute atomic E-state index is 0.131. The topological polar surface area (TPSA) is 63.7 Å². The molecule has 5 nitrogen and oxygen atoms in total. The van der Waals surface area contributed by atoms with E-state index in [2.05, 4.69) is 0 Å². The van der Waals surface area contributed by atoms with Crippen LogP contribution in [0.15, 0.2) is 47.4 Å². The molecule has 154 valence electrons. The molecule has 29 heavy (non-hydrogen) atoms. The highest BCUT2D eigenvalue weighted by atomic mass is 35.5. The zero-order valence-electron chi connectivity index (χ0n) is 16.1. The number of ether oxygens (including phenoxy) is 1. The molecule has 0 radical (unpaired) electrons. The van der Waals surface area contributed by atoms with E-state index < -0.39 is 10.0 Å². The third-order valence-electron chi connectivity index (χ3n) is 5.82. The van der Waals surface area contributed by atoms with E-state index >= 15 is 0 Å². The van der Waals surface area contributed by atoms with Gasteiger partial charge in [0.2, 0.25) is 10.0 Å². The van der Waals surface area contributed by atoms with Crippen LogP contribution < -0.4 is 0 Å². The SMILES string of the molecule is O=C(OCc1ccccc1Cl)C1CCN(S(=O)(=O)c2ccc3c(c2)CCC3)CC1. The van der Waals surface area contributed by atoms with Crippen LogP contribution in [0.3, 0.4) is 0 Å². The number of sulfonamides is 1. The molecule has 4 rings (SSSR count). The molecule has 2 aromatic rings. The molecule has 1 heterocycles. The first-order valence-corrected chi connectivity index (χ1v) is 11.8. The second-order valence-corrected chi connectivity index (χ2v) is 10.0. The average Bonchev–Trinajstić information content (AvgIpc) is 3.21. The molecule has 0 aromatic heterocycles. The molecule has 7 heteroatoms. The van der Waals surface area contributed by atoms with Crippen LogP contribution in [-0.2, 0) is 39.0 Å². The van der Waals surface area contributed by atoms with Gasteiger partial charge in [-0.3, -0.25) is 4.79 Å². The number of hydrogen-bond acceptors (Lipinski definition) is 4. The van der Waals surface area contributed by atoms with E-state index in [0.717, 1.165) is 30.4 Å². The predicted octanol–water partition coefficient (Wildman–Crippen LogP) is 3.97. The summed E-state index contributed by atoms with van der Waals surface area (Å²) in [6, 6.07) is 12.7. The highest BCUT2D eigenvalue weighted by Crippen LogP contribution is 2.29. The lowest BCUT2D eigenvalue weighted by Gasteiger charge is -2.30. The monoisotopic (exact) mass is 433 g/mol. The summed E-state index contributed by atoms with van der Waals surface area (Å²) in [7, 11) is -3.53. The number of hydrogen-bond donors (Lipinski definition) is 0. The Morgan fingerprint density at radius 1 is 1.07 bits per heavy atom. The minimum Gasteiger partial charge on any atom is -0.461 e. The number of carbonyl (C=O) groups excluding carboxylic acids is 1. The number of carbonyl (C=O) groups is 1. The lowest BCUT2D eigenvalue weighted by atomic mass is 9.98. The number of fused-ring (bicyclic) bond motifs is 1. The zero-order valence-corrected chi connectivity index (χ0v) is 17.7. The van der Waals surface area contributed by atoms with Gasteiger partial charge in [-0.2, -0.15) is 4.31 Å². The van der Waals surface area contributed by atoms with E-state index in [0.29, 0.717) is 35.8 Å². The molecule has 0 atom stereocenters. The maximum Gasteiger partial charge on any atom is 0.309 e. The van der Waals surface area contributed by atoms with Crippen molar-refractivity contribution in [3.63, 3.8) is 0 Å². The summed E-state index contributed by atoms with van der Waals surface area (Å²) in [5, 5.41) is 0.565. The maximum absolute atomic E-state index is 13.0. The number of benzene rings is 2. The van der Waals surface area contributed by atoms with Gasteiger partial charge in [0.1, 0.15) is 6.61 Å². The van der Waals surface area contributed by atoms with Crippen LogP contribution in [-0.4, -0.2) is 31.8 Å². The Hall–Kier alpha value is -1.89. The third kappa shape index (κ3) is 4.34. The second kappa shape index (κ2) is 8.46. The summed E-state index contributed by atoms with van der Waals surface area (Å²) in [4.78, 5) is 12.8. The maximum atomic E-state index is 13.0. The fourth-order valence-electron chi connectivity index (χ4n) is 4.07. The highest BCUT2D eigenvalue weighted by molar-refractivity contribution is 7.89. The molecule has 0 bridgehead atoms. The number of esters is 1. The van der Waals surface area contributed by atoms with Gasteiger partial charge in [-0.1, -0.05) is 35.9 Å². The normalized spacial score (nSPS) is 17.8. The lowest BCUT2D eigenvalue weighted by Crippen LogP contribution is -2.40. The summed E-state index contributed by atoms with van der Waals surface area (Å²) in [6.07, 6.45) is 3.98. The van der Waals surface area contributed by atoms with Crippen LogP contribution >= 0.6 is 11.6 Å². The number of rotatable bonds is 5. The van der Waals surface area contributed by atoms with Crippen molar-refractivity contribution in [2.24, 2.45) is 5.92 Å². The van der Waals surface area contributed by atoms with E-state index in [-0.39, 0.29) is 18.5 Å². The van der Waals surface area contributed by atoms with Gasteiger partial charge in [-0.15, -0.1) is 0 Å². The summed E-state index contributed by atoms with van der Waals surface area (Å²) in [5.74, 6) is -0.580. The highest BCUT2D eigenvalue weighted by Gasteiger charge is 2.33. The van der Waals surface area contributed by atoms with Crippen molar-refractivity contribution in [1.82, 2.24) is 4.31 Å². The first kappa shape index (κ1) is 20.4. The van der Waals surface area contributed by atoms with Gasteiger partial charge >= 0.3 is 5.97 Å². The molecule has 1 fully saturated rings. The van der Waals surface area contributed by atoms with Crippen LogP contribution in [0.1, 0.15) is 36.0 Å². The van der Waals surface area contributed by atoms with Crippen LogP contribution in [0, 0.1) is 5.92 Å². The lowest BCUT2D eigenvalue weighted by molar-refractivity contribution is -0.151. The Kier molecular flexibility index (Phi) is 5.95. The fraction of sp³-hybridized carbons (Fsp3) is 0.409. The molecule has 0 N–H and O–H groups in total. The Morgan fingerprint density at radius 3 is 2.55 bits per heavy atom. The van der Waals surface area contributed by atoms with Crippen molar-refractivity contribution < 1.29 is 17.9 Å². The van der Waals surface area contributed by atoms with E-state index in [1.54, 1.807) is 12.1 Å². The molecule has 1 aliphatic heterocycles. The largest absolute Gasteiger partial charge is 0.461 e. The molecule has 0 unspecified atom stereocenters. The Balaban J connectivity index is 1.35. The van der Waals surface area contributed by atoms with Gasteiger partial charge in [-0.25, -0.2) is 8.42 Å². The predicted molar refractivity (Wildman–Crippen MR) is 111 cm³/mol. The third-order valence-corrected chi connectivity index (χ3v) is 8.09. The minimum atomic E-state index is -3.53. The average molecular weight is 434 g/mol. The van der Waals surface area contributed by atoms with Crippen LogP contribution in [0.5, 0.6) is 0 Å². The van der Waals surface area contributed by atoms with Gasteiger partial charge in [0, 0.05) is 23.7 Å². The second-order valence-electron chi connectivity index (χ2n) is 7.66. The van der Waals surface area contributed by atoms with Crippen molar-refractivity contribution in [3.8, 4) is 0 Å². The molecular weight excluding hydrogens is 410 g/mol. The van der Waals surface area contributed by atoms with E-state index in [1.807, 2.05) is 30.3 Å². The summed E-state index contributed by atoms with van der Waals surface area (Å²) in [6.45, 7) is 0.780. The first-order valence-electron chi connectivity index (χ1n) is 9.97. The molecule has 0 amide bonds.